The summed E-state index contributed by atoms with van der Waals surface area (Å²) in [5, 5.41) is 8.57. The molecule has 0 radical (unpaired) electrons. The Bertz CT molecular complexity index is 353. The molecule has 1 aromatic carbocycles. The number of hydrogen-bond acceptors (Lipinski definition) is 4. The molecule has 94 valence electrons. The van der Waals surface area contributed by atoms with E-state index in [0.29, 0.717) is 12.4 Å². The molecule has 0 bridgehead atoms. The monoisotopic (exact) mass is 255 g/mol. The van der Waals surface area contributed by atoms with Crippen molar-refractivity contribution >= 4 is 17.7 Å². The first kappa shape index (κ1) is 13.9. The zero-order chi connectivity index (χ0) is 12.7. The second-order valence-corrected chi connectivity index (χ2v) is 4.83. The van der Waals surface area contributed by atoms with E-state index in [1.807, 2.05) is 31.2 Å². The highest BCUT2D eigenvalue weighted by Crippen LogP contribution is 2.12. The number of carbonyl (C=O) groups is 1. The Balaban J connectivity index is 2.12. The minimum absolute atomic E-state index is 0.409. The number of benzene rings is 1. The average molecular weight is 255 g/mol. The minimum Gasteiger partial charge on any atom is -0.493 e. The third kappa shape index (κ3) is 5.60. The summed E-state index contributed by atoms with van der Waals surface area (Å²) in [7, 11) is 0. The molecule has 0 spiro atoms. The van der Waals surface area contributed by atoms with E-state index >= 15 is 0 Å². The van der Waals surface area contributed by atoms with Crippen LogP contribution in [0.15, 0.2) is 24.3 Å². The number of aryl methyl sites for hydroxylation is 1. The van der Waals surface area contributed by atoms with Gasteiger partial charge < -0.3 is 15.6 Å². The third-order valence-electron chi connectivity index (χ3n) is 2.13. The molecular weight excluding hydrogens is 238 g/mol. The second-order valence-electron chi connectivity index (χ2n) is 3.68. The number of thioether (sulfide) groups is 1. The number of ether oxygens (including phenoxy) is 1. The molecule has 0 aliphatic rings. The number of rotatable bonds is 7. The predicted octanol–water partition coefficient (Wildman–Crippen LogP) is 1.52. The van der Waals surface area contributed by atoms with Crippen molar-refractivity contribution in [3.63, 3.8) is 0 Å². The molecule has 4 nitrogen and oxygen atoms in total. The van der Waals surface area contributed by atoms with E-state index in [9.17, 15) is 4.79 Å². The van der Waals surface area contributed by atoms with Gasteiger partial charge in [0.25, 0.3) is 0 Å². The minimum atomic E-state index is -0.961. The van der Waals surface area contributed by atoms with Crippen LogP contribution in [-0.4, -0.2) is 35.2 Å². The van der Waals surface area contributed by atoms with Crippen LogP contribution in [0.25, 0.3) is 0 Å². The lowest BCUT2D eigenvalue weighted by atomic mass is 10.2. The van der Waals surface area contributed by atoms with Gasteiger partial charge in [0.1, 0.15) is 11.8 Å². The Kier molecular flexibility index (Phi) is 5.86. The van der Waals surface area contributed by atoms with Crippen LogP contribution in [0.2, 0.25) is 0 Å². The Morgan fingerprint density at radius 2 is 2.12 bits per heavy atom. The van der Waals surface area contributed by atoms with E-state index in [1.54, 1.807) is 0 Å². The van der Waals surface area contributed by atoms with E-state index in [1.165, 1.54) is 17.3 Å². The molecule has 0 amide bonds. The van der Waals surface area contributed by atoms with Crippen LogP contribution in [0.4, 0.5) is 0 Å². The van der Waals surface area contributed by atoms with Crippen molar-refractivity contribution in [2.75, 3.05) is 18.1 Å². The summed E-state index contributed by atoms with van der Waals surface area (Å²) < 4.78 is 5.49. The molecule has 17 heavy (non-hydrogen) atoms. The maximum Gasteiger partial charge on any atom is 0.321 e. The summed E-state index contributed by atoms with van der Waals surface area (Å²) >= 11 is 1.48. The molecule has 1 unspecified atom stereocenters. The number of carboxylic acids is 1. The Labute approximate surface area is 105 Å². The highest BCUT2D eigenvalue weighted by atomic mass is 32.2. The van der Waals surface area contributed by atoms with E-state index in [0.717, 1.165) is 11.5 Å². The van der Waals surface area contributed by atoms with Crippen molar-refractivity contribution < 1.29 is 14.6 Å². The van der Waals surface area contributed by atoms with Crippen molar-refractivity contribution in [3.05, 3.63) is 29.8 Å². The first-order valence-electron chi connectivity index (χ1n) is 5.35. The van der Waals surface area contributed by atoms with Crippen LogP contribution in [-0.2, 0) is 4.79 Å². The fourth-order valence-corrected chi connectivity index (χ4v) is 1.90. The van der Waals surface area contributed by atoms with Gasteiger partial charge in [0.05, 0.1) is 6.61 Å². The maximum absolute atomic E-state index is 10.4. The number of nitrogens with two attached hydrogens (primary N) is 1. The molecule has 3 N–H and O–H groups in total. The normalized spacial score (nSPS) is 12.1. The Hall–Kier alpha value is -1.20. The number of hydrogen-bond donors (Lipinski definition) is 2. The van der Waals surface area contributed by atoms with E-state index < -0.39 is 12.0 Å². The summed E-state index contributed by atoms with van der Waals surface area (Å²) in [5.41, 5.74) is 6.56. The van der Waals surface area contributed by atoms with Gasteiger partial charge in [-0.3, -0.25) is 4.79 Å². The van der Waals surface area contributed by atoms with E-state index in [2.05, 4.69) is 0 Å². The van der Waals surface area contributed by atoms with Crippen LogP contribution in [0.3, 0.4) is 0 Å². The largest absolute Gasteiger partial charge is 0.493 e. The summed E-state index contributed by atoms with van der Waals surface area (Å²) in [5.74, 6) is 1.01. The third-order valence-corrected chi connectivity index (χ3v) is 3.18. The molecule has 1 atom stereocenters. The van der Waals surface area contributed by atoms with Crippen LogP contribution < -0.4 is 10.5 Å². The van der Waals surface area contributed by atoms with Gasteiger partial charge in [0.15, 0.2) is 0 Å². The molecular formula is C12H17NO3S. The zero-order valence-electron chi connectivity index (χ0n) is 9.76. The van der Waals surface area contributed by atoms with Crippen molar-refractivity contribution in [3.8, 4) is 5.75 Å². The van der Waals surface area contributed by atoms with Crippen molar-refractivity contribution in [2.45, 2.75) is 13.0 Å². The standard InChI is InChI=1S/C12H17NO3S/c1-9-2-4-10(5-3-9)16-6-7-17-8-11(13)12(14)15/h2-5,11H,6-8,13H2,1H3,(H,14,15). The Morgan fingerprint density at radius 3 is 2.71 bits per heavy atom. The lowest BCUT2D eigenvalue weighted by Crippen LogP contribution is -2.32. The highest BCUT2D eigenvalue weighted by Gasteiger charge is 2.10. The van der Waals surface area contributed by atoms with Gasteiger partial charge in [-0.25, -0.2) is 0 Å². The van der Waals surface area contributed by atoms with Crippen LogP contribution in [0.5, 0.6) is 5.75 Å². The molecule has 0 fully saturated rings. The molecule has 0 heterocycles. The fraction of sp³-hybridized carbons (Fsp3) is 0.417. The first-order valence-corrected chi connectivity index (χ1v) is 6.50. The molecule has 0 saturated carbocycles. The van der Waals surface area contributed by atoms with Gasteiger partial charge in [-0.1, -0.05) is 17.7 Å². The molecule has 0 saturated heterocycles. The van der Waals surface area contributed by atoms with Gasteiger partial charge in [-0.2, -0.15) is 11.8 Å². The van der Waals surface area contributed by atoms with Gasteiger partial charge in [-0.15, -0.1) is 0 Å². The lowest BCUT2D eigenvalue weighted by Gasteiger charge is -2.08. The number of carboxylic acid groups (broad SMARTS) is 1. The molecule has 0 aliphatic heterocycles. The van der Waals surface area contributed by atoms with Crippen LogP contribution in [0, 0.1) is 6.92 Å². The smallest absolute Gasteiger partial charge is 0.321 e. The second kappa shape index (κ2) is 7.19. The molecule has 1 aromatic rings. The summed E-state index contributed by atoms with van der Waals surface area (Å²) in [6, 6.07) is 7.02. The maximum atomic E-state index is 10.4. The molecule has 1 rings (SSSR count). The highest BCUT2D eigenvalue weighted by molar-refractivity contribution is 7.99. The van der Waals surface area contributed by atoms with Crippen molar-refractivity contribution in [1.29, 1.82) is 0 Å². The summed E-state index contributed by atoms with van der Waals surface area (Å²) in [4.78, 5) is 10.4. The molecule has 0 aromatic heterocycles. The van der Waals surface area contributed by atoms with Gasteiger partial charge in [0, 0.05) is 11.5 Å². The van der Waals surface area contributed by atoms with Crippen molar-refractivity contribution in [1.82, 2.24) is 0 Å². The van der Waals surface area contributed by atoms with Crippen LogP contribution in [0.1, 0.15) is 5.56 Å². The zero-order valence-corrected chi connectivity index (χ0v) is 10.6. The Morgan fingerprint density at radius 1 is 1.47 bits per heavy atom. The number of aliphatic carboxylic acids is 1. The fourth-order valence-electron chi connectivity index (χ4n) is 1.13. The van der Waals surface area contributed by atoms with E-state index in [4.69, 9.17) is 15.6 Å². The van der Waals surface area contributed by atoms with Gasteiger partial charge in [0.2, 0.25) is 0 Å². The summed E-state index contributed by atoms with van der Waals surface area (Å²) in [6.07, 6.45) is 0. The summed E-state index contributed by atoms with van der Waals surface area (Å²) in [6.45, 7) is 2.58. The topological polar surface area (TPSA) is 72.5 Å². The quantitative estimate of drug-likeness (QED) is 0.723. The van der Waals surface area contributed by atoms with Crippen molar-refractivity contribution in [2.24, 2.45) is 5.73 Å². The first-order chi connectivity index (χ1) is 8.09. The molecule has 5 heteroatoms. The molecule has 0 aliphatic carbocycles. The SMILES string of the molecule is Cc1ccc(OCCSCC(N)C(=O)O)cc1. The predicted molar refractivity (Wildman–Crippen MR) is 69.6 cm³/mol. The van der Waals surface area contributed by atoms with E-state index in [-0.39, 0.29) is 0 Å². The van der Waals surface area contributed by atoms with Gasteiger partial charge in [-0.05, 0) is 19.1 Å². The van der Waals surface area contributed by atoms with Crippen LogP contribution >= 0.6 is 11.8 Å². The average Bonchev–Trinajstić information content (AvgIpc) is 2.30. The van der Waals surface area contributed by atoms with Gasteiger partial charge >= 0.3 is 5.97 Å². The lowest BCUT2D eigenvalue weighted by molar-refractivity contribution is -0.137.